The highest BCUT2D eigenvalue weighted by Crippen LogP contribution is 2.57. The van der Waals surface area contributed by atoms with Crippen LogP contribution < -0.4 is 10.6 Å². The lowest BCUT2D eigenvalue weighted by Crippen LogP contribution is -2.39. The second kappa shape index (κ2) is 9.08. The topological polar surface area (TPSA) is 113 Å². The molecule has 3 saturated carbocycles. The van der Waals surface area contributed by atoms with E-state index in [9.17, 15) is 19.5 Å². The Bertz CT molecular complexity index is 940. The fraction of sp³-hybridized carbons (Fsp3) is 0.667. The highest BCUT2D eigenvalue weighted by Gasteiger charge is 2.57. The Morgan fingerprint density at radius 2 is 1.72 bits per heavy atom. The van der Waals surface area contributed by atoms with Crippen molar-refractivity contribution in [3.8, 4) is 0 Å². The quantitative estimate of drug-likeness (QED) is 0.583. The van der Waals surface area contributed by atoms with Crippen LogP contribution >= 0.6 is 0 Å². The van der Waals surface area contributed by atoms with Crippen LogP contribution in [0.4, 0.5) is 5.69 Å². The summed E-state index contributed by atoms with van der Waals surface area (Å²) in [6, 6.07) is 0.133. The summed E-state index contributed by atoms with van der Waals surface area (Å²) in [5.41, 5.74) is 2.81. The Hall–Kier alpha value is -2.64. The van der Waals surface area contributed by atoms with E-state index in [1.807, 2.05) is 20.8 Å². The van der Waals surface area contributed by atoms with Crippen LogP contribution in [0.25, 0.3) is 0 Å². The third-order valence-electron chi connectivity index (χ3n) is 7.51. The summed E-state index contributed by atoms with van der Waals surface area (Å²) in [7, 11) is 0. The van der Waals surface area contributed by atoms with Gasteiger partial charge in [0.05, 0.1) is 17.5 Å². The second-order valence-corrected chi connectivity index (χ2v) is 9.68. The van der Waals surface area contributed by atoms with Gasteiger partial charge in [-0.3, -0.25) is 19.1 Å². The van der Waals surface area contributed by atoms with Crippen LogP contribution in [0.3, 0.4) is 0 Å². The number of aliphatic carboxylic acids is 1. The number of amides is 2. The van der Waals surface area contributed by atoms with E-state index in [1.54, 1.807) is 10.9 Å². The van der Waals surface area contributed by atoms with Gasteiger partial charge in [0.15, 0.2) is 5.69 Å². The van der Waals surface area contributed by atoms with Crippen molar-refractivity contribution in [3.63, 3.8) is 0 Å². The second-order valence-electron chi connectivity index (χ2n) is 9.68. The van der Waals surface area contributed by atoms with E-state index in [0.29, 0.717) is 12.2 Å². The Balaban J connectivity index is 1.56. The average Bonchev–Trinajstić information content (AvgIpc) is 3.45. The van der Waals surface area contributed by atoms with E-state index in [2.05, 4.69) is 15.7 Å². The minimum atomic E-state index is -0.921. The van der Waals surface area contributed by atoms with Crippen molar-refractivity contribution in [2.24, 2.45) is 23.7 Å². The van der Waals surface area contributed by atoms with Gasteiger partial charge in [-0.05, 0) is 58.3 Å². The molecule has 0 spiro atoms. The predicted molar refractivity (Wildman–Crippen MR) is 120 cm³/mol. The number of anilines is 1. The molecule has 1 aromatic rings. The molecule has 8 nitrogen and oxygen atoms in total. The van der Waals surface area contributed by atoms with Crippen LogP contribution in [0.15, 0.2) is 17.3 Å². The number of carboxylic acid groups (broad SMARTS) is 1. The van der Waals surface area contributed by atoms with Gasteiger partial charge in [0.25, 0.3) is 5.91 Å². The van der Waals surface area contributed by atoms with E-state index in [4.69, 9.17) is 0 Å². The molecular weight excluding hydrogens is 408 g/mol. The summed E-state index contributed by atoms with van der Waals surface area (Å²) < 4.78 is 1.63. The zero-order valence-electron chi connectivity index (χ0n) is 19.2. The zero-order chi connectivity index (χ0) is 23.0. The first-order chi connectivity index (χ1) is 15.3. The van der Waals surface area contributed by atoms with Crippen LogP contribution in [0, 0.1) is 23.7 Å². The zero-order valence-corrected chi connectivity index (χ0v) is 19.2. The van der Waals surface area contributed by atoms with Gasteiger partial charge in [0.1, 0.15) is 0 Å². The molecule has 1 aromatic heterocycles. The number of hydrogen-bond donors (Lipinski definition) is 3. The number of carboxylic acids is 1. The van der Waals surface area contributed by atoms with E-state index < -0.39 is 17.8 Å². The molecule has 0 unspecified atom stereocenters. The van der Waals surface area contributed by atoms with Gasteiger partial charge in [-0.15, -0.1) is 0 Å². The lowest BCUT2D eigenvalue weighted by molar-refractivity contribution is -0.148. The fourth-order valence-corrected chi connectivity index (χ4v) is 6.16. The highest BCUT2D eigenvalue weighted by atomic mass is 16.4. The number of carbonyl (C=O) groups is 3. The van der Waals surface area contributed by atoms with Gasteiger partial charge >= 0.3 is 5.97 Å². The maximum atomic E-state index is 13.4. The van der Waals surface area contributed by atoms with Crippen molar-refractivity contribution in [1.82, 2.24) is 15.1 Å². The lowest BCUT2D eigenvalue weighted by atomic mass is 9.78. The van der Waals surface area contributed by atoms with Crippen molar-refractivity contribution in [2.45, 2.75) is 78.3 Å². The summed E-state index contributed by atoms with van der Waals surface area (Å²) in [6.45, 7) is 6.48. The van der Waals surface area contributed by atoms with Crippen LogP contribution in [0.2, 0.25) is 0 Å². The van der Waals surface area contributed by atoms with Crippen LogP contribution in [-0.4, -0.2) is 38.7 Å². The minimum absolute atomic E-state index is 0.0492. The van der Waals surface area contributed by atoms with E-state index in [0.717, 1.165) is 49.7 Å². The Morgan fingerprint density at radius 3 is 2.31 bits per heavy atom. The van der Waals surface area contributed by atoms with Crippen LogP contribution in [0.5, 0.6) is 0 Å². The molecule has 32 heavy (non-hydrogen) atoms. The number of aryl methyl sites for hydroxylation is 1. The first-order valence-corrected chi connectivity index (χ1v) is 11.9. The molecule has 1 heterocycles. The normalized spacial score (nSPS) is 27.4. The summed E-state index contributed by atoms with van der Waals surface area (Å²) in [6.07, 6.45) is 8.62. The minimum Gasteiger partial charge on any atom is -0.481 e. The van der Waals surface area contributed by atoms with Gasteiger partial charge < -0.3 is 15.7 Å². The molecule has 3 N–H and O–H groups in total. The first-order valence-electron chi connectivity index (χ1n) is 11.9. The molecule has 4 atom stereocenters. The van der Waals surface area contributed by atoms with Gasteiger partial charge in [0, 0.05) is 18.8 Å². The number of carbonyl (C=O) groups excluding carboxylic acids is 2. The van der Waals surface area contributed by atoms with Crippen molar-refractivity contribution in [2.75, 3.05) is 5.32 Å². The van der Waals surface area contributed by atoms with Gasteiger partial charge in [-0.1, -0.05) is 30.4 Å². The molecular formula is C24H34N4O4. The van der Waals surface area contributed by atoms with Crippen molar-refractivity contribution >= 4 is 23.5 Å². The molecule has 8 heteroatoms. The Kier molecular flexibility index (Phi) is 6.40. The molecule has 0 aromatic carbocycles. The summed E-state index contributed by atoms with van der Waals surface area (Å²) in [5, 5.41) is 20.2. The third kappa shape index (κ3) is 4.07. The average molecular weight is 443 g/mol. The number of hydrogen-bond acceptors (Lipinski definition) is 4. The summed E-state index contributed by atoms with van der Waals surface area (Å²) >= 11 is 0. The van der Waals surface area contributed by atoms with Gasteiger partial charge in [-0.25, -0.2) is 0 Å². The van der Waals surface area contributed by atoms with Crippen LogP contribution in [-0.2, 0) is 16.1 Å². The lowest BCUT2D eigenvalue weighted by Gasteiger charge is -2.26. The SMILES string of the molecule is CCn1cc(NC(=O)[C@H]2[C@@H](C(=O)O)[C@H]3CC[C@H]2C3=C(C)C)c(C(=O)NC2CCCCC2)n1. The molecule has 3 aliphatic rings. The number of allylic oxidation sites excluding steroid dienone is 2. The van der Waals surface area contributed by atoms with E-state index >= 15 is 0 Å². The highest BCUT2D eigenvalue weighted by molar-refractivity contribution is 6.04. The van der Waals surface area contributed by atoms with Crippen LogP contribution in [0.1, 0.15) is 76.2 Å². The van der Waals surface area contributed by atoms with Crippen molar-refractivity contribution < 1.29 is 19.5 Å². The first kappa shape index (κ1) is 22.6. The standard InChI is InChI=1S/C24H34N4O4/c1-4-28-12-17(21(27-28)23(30)25-14-8-6-5-7-9-14)26-22(29)19-15-10-11-16(18(15)13(2)3)20(19)24(31)32/h12,14-16,19-20H,4-11H2,1-3H3,(H,25,30)(H,26,29)(H,31,32)/t15-,16-,19+,20-/m0/s1. The molecule has 0 aliphatic heterocycles. The molecule has 3 fully saturated rings. The third-order valence-corrected chi connectivity index (χ3v) is 7.51. The molecule has 2 bridgehead atoms. The number of nitrogens with zero attached hydrogens (tertiary/aromatic N) is 2. The molecule has 3 aliphatic carbocycles. The predicted octanol–water partition coefficient (Wildman–Crippen LogP) is 3.60. The molecule has 2 amide bonds. The Labute approximate surface area is 188 Å². The van der Waals surface area contributed by atoms with E-state index in [1.165, 1.54) is 6.42 Å². The maximum absolute atomic E-state index is 13.4. The number of aromatic nitrogens is 2. The largest absolute Gasteiger partial charge is 0.481 e. The monoisotopic (exact) mass is 442 g/mol. The molecule has 174 valence electrons. The summed E-state index contributed by atoms with van der Waals surface area (Å²) in [4.78, 5) is 38.4. The maximum Gasteiger partial charge on any atom is 0.307 e. The van der Waals surface area contributed by atoms with Gasteiger partial charge in [-0.2, -0.15) is 5.10 Å². The summed E-state index contributed by atoms with van der Waals surface area (Å²) in [5.74, 6) is -3.01. The van der Waals surface area contributed by atoms with E-state index in [-0.39, 0.29) is 35.4 Å². The van der Waals surface area contributed by atoms with Crippen molar-refractivity contribution in [3.05, 3.63) is 23.0 Å². The molecule has 0 radical (unpaired) electrons. The van der Waals surface area contributed by atoms with Gasteiger partial charge in [0.2, 0.25) is 5.91 Å². The number of fused-ring (bicyclic) bond motifs is 2. The fourth-order valence-electron chi connectivity index (χ4n) is 6.16. The molecule has 0 saturated heterocycles. The number of nitrogens with one attached hydrogen (secondary N) is 2. The Morgan fingerprint density at radius 1 is 1.06 bits per heavy atom. The molecule has 4 rings (SSSR count). The number of rotatable bonds is 6. The smallest absolute Gasteiger partial charge is 0.307 e. The van der Waals surface area contributed by atoms with Crippen molar-refractivity contribution in [1.29, 1.82) is 0 Å².